The molecule has 1 N–H and O–H groups in total. The van der Waals surface area contributed by atoms with Crippen LogP contribution in [0.5, 0.6) is 0 Å². The van der Waals surface area contributed by atoms with Crippen LogP contribution in [0.15, 0.2) is 24.3 Å². The van der Waals surface area contributed by atoms with Gasteiger partial charge in [-0.3, -0.25) is 9.59 Å². The molecule has 0 aliphatic heterocycles. The quantitative estimate of drug-likeness (QED) is 0.808. The van der Waals surface area contributed by atoms with E-state index in [0.717, 1.165) is 5.56 Å². The van der Waals surface area contributed by atoms with Gasteiger partial charge in [-0.2, -0.15) is 0 Å². The second-order valence-electron chi connectivity index (χ2n) is 6.03. The molecule has 0 aromatic heterocycles. The van der Waals surface area contributed by atoms with Gasteiger partial charge in [-0.1, -0.05) is 55.3 Å². The van der Waals surface area contributed by atoms with Crippen molar-refractivity contribution >= 4 is 22.8 Å². The molecular formula is C18H24O3S. The van der Waals surface area contributed by atoms with Gasteiger partial charge in [0, 0.05) is 18.6 Å². The standard InChI is InChI=1S/C18H24O3S/c1-13(19)22-17(11-12-18(20)21)16-9-7-15(8-10-16)14-5-3-2-4-6-14/h7-10,14,17H,2-6,11-12H2,1H3,(H,20,21). The number of rotatable bonds is 6. The Morgan fingerprint density at radius 1 is 1.18 bits per heavy atom. The Bertz CT molecular complexity index is 504. The van der Waals surface area contributed by atoms with Gasteiger partial charge in [0.25, 0.3) is 0 Å². The average molecular weight is 320 g/mol. The molecule has 3 nitrogen and oxygen atoms in total. The zero-order valence-corrected chi connectivity index (χ0v) is 13.9. The van der Waals surface area contributed by atoms with Crippen LogP contribution in [0.2, 0.25) is 0 Å². The smallest absolute Gasteiger partial charge is 0.303 e. The van der Waals surface area contributed by atoms with E-state index in [9.17, 15) is 9.59 Å². The lowest BCUT2D eigenvalue weighted by Crippen LogP contribution is -2.06. The number of hydrogen-bond donors (Lipinski definition) is 1. The SMILES string of the molecule is CC(=O)SC(CCC(=O)O)c1ccc(C2CCCCC2)cc1. The minimum atomic E-state index is -0.812. The van der Waals surface area contributed by atoms with Crippen LogP contribution in [0.3, 0.4) is 0 Å². The Morgan fingerprint density at radius 2 is 1.82 bits per heavy atom. The van der Waals surface area contributed by atoms with Gasteiger partial charge in [-0.05, 0) is 36.3 Å². The molecule has 0 bridgehead atoms. The number of aliphatic carboxylic acids is 1. The Morgan fingerprint density at radius 3 is 2.36 bits per heavy atom. The molecule has 0 spiro atoms. The molecule has 1 aromatic rings. The highest BCUT2D eigenvalue weighted by Crippen LogP contribution is 2.36. The van der Waals surface area contributed by atoms with Crippen LogP contribution in [0, 0.1) is 0 Å². The molecule has 0 radical (unpaired) electrons. The summed E-state index contributed by atoms with van der Waals surface area (Å²) in [6, 6.07) is 8.48. The predicted octanol–water partition coefficient (Wildman–Crippen LogP) is 4.92. The molecule has 0 heterocycles. The molecule has 1 aromatic carbocycles. The van der Waals surface area contributed by atoms with Crippen molar-refractivity contribution in [2.24, 2.45) is 0 Å². The van der Waals surface area contributed by atoms with Gasteiger partial charge in [-0.15, -0.1) is 0 Å². The van der Waals surface area contributed by atoms with E-state index in [0.29, 0.717) is 12.3 Å². The maximum Gasteiger partial charge on any atom is 0.303 e. The molecule has 1 aliphatic rings. The lowest BCUT2D eigenvalue weighted by atomic mass is 9.84. The first-order chi connectivity index (χ1) is 10.6. The highest BCUT2D eigenvalue weighted by Gasteiger charge is 2.18. The van der Waals surface area contributed by atoms with Gasteiger partial charge in [0.2, 0.25) is 0 Å². The monoisotopic (exact) mass is 320 g/mol. The maximum atomic E-state index is 11.4. The number of carbonyl (C=O) groups excluding carboxylic acids is 1. The van der Waals surface area contributed by atoms with Crippen molar-refractivity contribution in [1.82, 2.24) is 0 Å². The van der Waals surface area contributed by atoms with Gasteiger partial charge >= 0.3 is 5.97 Å². The first kappa shape index (κ1) is 17.1. The molecule has 4 heteroatoms. The average Bonchev–Trinajstić information content (AvgIpc) is 2.52. The van der Waals surface area contributed by atoms with Crippen molar-refractivity contribution in [3.8, 4) is 0 Å². The van der Waals surface area contributed by atoms with Crippen molar-refractivity contribution in [2.75, 3.05) is 0 Å². The molecule has 1 saturated carbocycles. The first-order valence-corrected chi connectivity index (χ1v) is 8.93. The third kappa shape index (κ3) is 5.16. The molecular weight excluding hydrogens is 296 g/mol. The highest BCUT2D eigenvalue weighted by molar-refractivity contribution is 8.13. The van der Waals surface area contributed by atoms with Crippen LogP contribution in [-0.2, 0) is 9.59 Å². The van der Waals surface area contributed by atoms with E-state index in [4.69, 9.17) is 5.11 Å². The summed E-state index contributed by atoms with van der Waals surface area (Å²) in [5, 5.41) is 8.84. The summed E-state index contributed by atoms with van der Waals surface area (Å²) < 4.78 is 0. The number of carboxylic acids is 1. The largest absolute Gasteiger partial charge is 0.481 e. The van der Waals surface area contributed by atoms with E-state index in [1.165, 1.54) is 56.4 Å². The molecule has 1 atom stereocenters. The number of carboxylic acid groups (broad SMARTS) is 1. The molecule has 22 heavy (non-hydrogen) atoms. The summed E-state index contributed by atoms with van der Waals surface area (Å²) in [6.07, 6.45) is 7.09. The van der Waals surface area contributed by atoms with Crippen LogP contribution in [0.25, 0.3) is 0 Å². The first-order valence-electron chi connectivity index (χ1n) is 8.05. The topological polar surface area (TPSA) is 54.4 Å². The van der Waals surface area contributed by atoms with E-state index >= 15 is 0 Å². The molecule has 0 amide bonds. The zero-order valence-electron chi connectivity index (χ0n) is 13.1. The van der Waals surface area contributed by atoms with Gasteiger partial charge in [0.15, 0.2) is 5.12 Å². The summed E-state index contributed by atoms with van der Waals surface area (Å²) in [5.41, 5.74) is 2.44. The van der Waals surface area contributed by atoms with Gasteiger partial charge < -0.3 is 5.11 Å². The van der Waals surface area contributed by atoms with Crippen LogP contribution in [0.1, 0.15) is 74.2 Å². The van der Waals surface area contributed by atoms with E-state index in [2.05, 4.69) is 24.3 Å². The normalized spacial score (nSPS) is 17.1. The van der Waals surface area contributed by atoms with Gasteiger partial charge in [0.05, 0.1) is 0 Å². The van der Waals surface area contributed by atoms with Crippen molar-refractivity contribution in [3.63, 3.8) is 0 Å². The van der Waals surface area contributed by atoms with Crippen molar-refractivity contribution in [2.45, 2.75) is 63.0 Å². The van der Waals surface area contributed by atoms with Crippen LogP contribution in [-0.4, -0.2) is 16.2 Å². The summed E-state index contributed by atoms with van der Waals surface area (Å²) in [7, 11) is 0. The summed E-state index contributed by atoms with van der Waals surface area (Å²) >= 11 is 1.23. The minimum Gasteiger partial charge on any atom is -0.481 e. The lowest BCUT2D eigenvalue weighted by molar-refractivity contribution is -0.137. The van der Waals surface area contributed by atoms with Crippen LogP contribution in [0.4, 0.5) is 0 Å². The molecule has 0 saturated heterocycles. The summed E-state index contributed by atoms with van der Waals surface area (Å²) in [4.78, 5) is 22.2. The third-order valence-corrected chi connectivity index (χ3v) is 5.44. The predicted molar refractivity (Wildman–Crippen MR) is 90.2 cm³/mol. The minimum absolute atomic E-state index is 0.0340. The maximum absolute atomic E-state index is 11.4. The van der Waals surface area contributed by atoms with Gasteiger partial charge in [0.1, 0.15) is 0 Å². The fourth-order valence-electron chi connectivity index (χ4n) is 3.17. The molecule has 120 valence electrons. The van der Waals surface area contributed by atoms with Gasteiger partial charge in [-0.25, -0.2) is 0 Å². The van der Waals surface area contributed by atoms with E-state index < -0.39 is 5.97 Å². The second kappa shape index (κ2) is 8.37. The van der Waals surface area contributed by atoms with Crippen LogP contribution >= 0.6 is 11.8 Å². The van der Waals surface area contributed by atoms with Crippen molar-refractivity contribution < 1.29 is 14.7 Å². The third-order valence-electron chi connectivity index (χ3n) is 4.31. The Balaban J connectivity index is 2.06. The Kier molecular flexibility index (Phi) is 6.49. The molecule has 1 unspecified atom stereocenters. The second-order valence-corrected chi connectivity index (χ2v) is 7.41. The number of carbonyl (C=O) groups is 2. The number of thioether (sulfide) groups is 1. The highest BCUT2D eigenvalue weighted by atomic mass is 32.2. The molecule has 1 fully saturated rings. The Hall–Kier alpha value is -1.29. The Labute approximate surface area is 136 Å². The number of benzene rings is 1. The van der Waals surface area contributed by atoms with Crippen molar-refractivity contribution in [1.29, 1.82) is 0 Å². The van der Waals surface area contributed by atoms with E-state index in [-0.39, 0.29) is 16.8 Å². The zero-order chi connectivity index (χ0) is 15.9. The molecule has 1 aliphatic carbocycles. The molecule has 2 rings (SSSR count). The number of hydrogen-bond acceptors (Lipinski definition) is 3. The van der Waals surface area contributed by atoms with Crippen LogP contribution < -0.4 is 0 Å². The van der Waals surface area contributed by atoms with E-state index in [1.807, 2.05) is 0 Å². The summed E-state index contributed by atoms with van der Waals surface area (Å²) in [6.45, 7) is 1.54. The van der Waals surface area contributed by atoms with Crippen molar-refractivity contribution in [3.05, 3.63) is 35.4 Å². The fraction of sp³-hybridized carbons (Fsp3) is 0.556. The lowest BCUT2D eigenvalue weighted by Gasteiger charge is -2.22. The fourth-order valence-corrected chi connectivity index (χ4v) is 4.10. The summed E-state index contributed by atoms with van der Waals surface area (Å²) in [5.74, 6) is -0.145. The van der Waals surface area contributed by atoms with E-state index in [1.54, 1.807) is 0 Å².